The number of likely N-dealkylation sites (N-methyl/N-ethyl adjacent to an activating group) is 1. The summed E-state index contributed by atoms with van der Waals surface area (Å²) < 4.78 is 19.0. The highest BCUT2D eigenvalue weighted by Crippen LogP contribution is 2.24. The van der Waals surface area contributed by atoms with Crippen LogP contribution in [0.5, 0.6) is 0 Å². The molecule has 1 aromatic rings. The van der Waals surface area contributed by atoms with Gasteiger partial charge in [0.1, 0.15) is 11.4 Å². The second-order valence-electron chi connectivity index (χ2n) is 7.19. The van der Waals surface area contributed by atoms with Crippen molar-refractivity contribution in [3.05, 3.63) is 24.0 Å². The van der Waals surface area contributed by atoms with Crippen LogP contribution in [0, 0.1) is 5.82 Å². The third-order valence-electron chi connectivity index (χ3n) is 3.86. The third-order valence-corrected chi connectivity index (χ3v) is 3.86. The van der Waals surface area contributed by atoms with Gasteiger partial charge in [0.05, 0.1) is 5.69 Å². The van der Waals surface area contributed by atoms with Crippen molar-refractivity contribution in [3.8, 4) is 0 Å². The van der Waals surface area contributed by atoms with Gasteiger partial charge in [0, 0.05) is 24.3 Å². The van der Waals surface area contributed by atoms with E-state index in [1.165, 1.54) is 6.07 Å². The first kappa shape index (κ1) is 17.5. The molecule has 0 radical (unpaired) electrons. The third kappa shape index (κ3) is 5.10. The van der Waals surface area contributed by atoms with Crippen LogP contribution in [-0.4, -0.2) is 42.3 Å². The molecule has 1 saturated heterocycles. The van der Waals surface area contributed by atoms with Crippen LogP contribution >= 0.6 is 0 Å². The van der Waals surface area contributed by atoms with Crippen LogP contribution in [0.1, 0.15) is 34.1 Å². The molecule has 5 nitrogen and oxygen atoms in total. The molecule has 0 saturated carbocycles. The number of nitrogens with one attached hydrogen (secondary N) is 2. The Morgan fingerprint density at radius 3 is 2.65 bits per heavy atom. The molecular formula is C17H26FN3O2. The minimum Gasteiger partial charge on any atom is -0.444 e. The van der Waals surface area contributed by atoms with Crippen molar-refractivity contribution in [2.45, 2.75) is 51.8 Å². The van der Waals surface area contributed by atoms with Crippen LogP contribution < -0.4 is 10.6 Å². The summed E-state index contributed by atoms with van der Waals surface area (Å²) in [5, 5.41) is 5.85. The zero-order chi connectivity index (χ0) is 17.2. The molecule has 23 heavy (non-hydrogen) atoms. The quantitative estimate of drug-likeness (QED) is 0.891. The molecule has 0 bridgehead atoms. The van der Waals surface area contributed by atoms with E-state index in [9.17, 15) is 9.18 Å². The maximum Gasteiger partial charge on any atom is 0.412 e. The molecule has 0 spiro atoms. The largest absolute Gasteiger partial charge is 0.444 e. The fourth-order valence-corrected chi connectivity index (χ4v) is 2.66. The number of likely N-dealkylation sites (tertiary alicyclic amines) is 1. The minimum atomic E-state index is -0.664. The highest BCUT2D eigenvalue weighted by Gasteiger charge is 2.26. The number of hydrogen-bond acceptors (Lipinski definition) is 4. The predicted molar refractivity (Wildman–Crippen MR) is 90.4 cm³/mol. The smallest absolute Gasteiger partial charge is 0.412 e. The van der Waals surface area contributed by atoms with E-state index in [0.717, 1.165) is 18.7 Å². The van der Waals surface area contributed by atoms with Crippen LogP contribution in [0.2, 0.25) is 0 Å². The number of nitrogens with zero attached hydrogens (tertiary/aromatic N) is 1. The average Bonchev–Trinajstić information content (AvgIpc) is 2.70. The number of halogens is 1. The lowest BCUT2D eigenvalue weighted by Gasteiger charge is -2.20. The number of rotatable bonds is 3. The standard InChI is InChI=1S/C17H26FN3O2/c1-11-8-13(10-21(11)5)19-12-6-7-14(18)15(9-12)20-16(22)23-17(2,3)4/h6-7,9,11,13,19H,8,10H2,1-5H3,(H,20,22). The topological polar surface area (TPSA) is 53.6 Å². The van der Waals surface area contributed by atoms with E-state index in [1.54, 1.807) is 32.9 Å². The van der Waals surface area contributed by atoms with Crippen LogP contribution in [0.25, 0.3) is 0 Å². The molecule has 1 amide bonds. The van der Waals surface area contributed by atoms with E-state index < -0.39 is 17.5 Å². The lowest BCUT2D eigenvalue weighted by atomic mass is 10.1. The zero-order valence-electron chi connectivity index (χ0n) is 14.4. The van der Waals surface area contributed by atoms with E-state index in [4.69, 9.17) is 4.74 Å². The normalized spacial score (nSPS) is 22.0. The number of hydrogen-bond donors (Lipinski definition) is 2. The van der Waals surface area contributed by atoms with Gasteiger partial charge in [-0.1, -0.05) is 0 Å². The number of benzene rings is 1. The van der Waals surface area contributed by atoms with Gasteiger partial charge >= 0.3 is 6.09 Å². The molecule has 0 aromatic heterocycles. The lowest BCUT2D eigenvalue weighted by molar-refractivity contribution is 0.0635. The summed E-state index contributed by atoms with van der Waals surface area (Å²) >= 11 is 0. The highest BCUT2D eigenvalue weighted by atomic mass is 19.1. The molecule has 1 aromatic carbocycles. The van der Waals surface area contributed by atoms with Gasteiger partial charge < -0.3 is 15.0 Å². The maximum absolute atomic E-state index is 13.9. The fourth-order valence-electron chi connectivity index (χ4n) is 2.66. The van der Waals surface area contributed by atoms with E-state index >= 15 is 0 Å². The van der Waals surface area contributed by atoms with Crippen LogP contribution in [-0.2, 0) is 4.74 Å². The molecule has 2 unspecified atom stereocenters. The summed E-state index contributed by atoms with van der Waals surface area (Å²) in [4.78, 5) is 14.1. The molecule has 1 fully saturated rings. The summed E-state index contributed by atoms with van der Waals surface area (Å²) in [6, 6.07) is 5.46. The van der Waals surface area contributed by atoms with Crippen molar-refractivity contribution in [1.29, 1.82) is 0 Å². The SMILES string of the molecule is CC1CC(Nc2ccc(F)c(NC(=O)OC(C)(C)C)c2)CN1C. The van der Waals surface area contributed by atoms with Gasteiger partial charge in [-0.05, 0) is 59.4 Å². The van der Waals surface area contributed by atoms with Crippen molar-refractivity contribution < 1.29 is 13.9 Å². The van der Waals surface area contributed by atoms with Gasteiger partial charge in [0.2, 0.25) is 0 Å². The summed E-state index contributed by atoms with van der Waals surface area (Å²) in [5.41, 5.74) is 0.273. The van der Waals surface area contributed by atoms with E-state index in [-0.39, 0.29) is 5.69 Å². The van der Waals surface area contributed by atoms with Crippen molar-refractivity contribution in [1.82, 2.24) is 4.90 Å². The molecule has 2 rings (SSSR count). The summed E-state index contributed by atoms with van der Waals surface area (Å²) in [6.07, 6.45) is 0.366. The van der Waals surface area contributed by atoms with Gasteiger partial charge in [-0.15, -0.1) is 0 Å². The Bertz CT molecular complexity index is 561. The number of anilines is 2. The van der Waals surface area contributed by atoms with Crippen molar-refractivity contribution >= 4 is 17.5 Å². The maximum atomic E-state index is 13.9. The molecule has 1 heterocycles. The number of carbonyl (C=O) groups excluding carboxylic acids is 1. The Morgan fingerprint density at radius 1 is 1.39 bits per heavy atom. The molecule has 128 valence electrons. The number of carbonyl (C=O) groups is 1. The van der Waals surface area contributed by atoms with Gasteiger partial charge in [0.15, 0.2) is 0 Å². The predicted octanol–water partition coefficient (Wildman–Crippen LogP) is 3.68. The second kappa shape index (κ2) is 6.74. The van der Waals surface area contributed by atoms with E-state index in [1.807, 2.05) is 0 Å². The van der Waals surface area contributed by atoms with Crippen LogP contribution in [0.4, 0.5) is 20.6 Å². The van der Waals surface area contributed by atoms with E-state index in [2.05, 4.69) is 29.5 Å². The van der Waals surface area contributed by atoms with Crippen molar-refractivity contribution in [2.24, 2.45) is 0 Å². The van der Waals surface area contributed by atoms with Gasteiger partial charge in [0.25, 0.3) is 0 Å². The van der Waals surface area contributed by atoms with Crippen molar-refractivity contribution in [2.75, 3.05) is 24.2 Å². The lowest BCUT2D eigenvalue weighted by Crippen LogP contribution is -2.27. The molecule has 2 atom stereocenters. The summed E-state index contributed by atoms with van der Waals surface area (Å²) in [6.45, 7) is 8.41. The molecule has 0 aliphatic carbocycles. The first-order valence-electron chi connectivity index (χ1n) is 7.90. The molecule has 6 heteroatoms. The van der Waals surface area contributed by atoms with Gasteiger partial charge in [-0.25, -0.2) is 9.18 Å². The fraction of sp³-hybridized carbons (Fsp3) is 0.588. The average molecular weight is 323 g/mol. The van der Waals surface area contributed by atoms with Crippen LogP contribution in [0.15, 0.2) is 18.2 Å². The van der Waals surface area contributed by atoms with Gasteiger partial charge in [-0.3, -0.25) is 5.32 Å². The first-order valence-corrected chi connectivity index (χ1v) is 7.90. The molecule has 2 N–H and O–H groups in total. The Morgan fingerprint density at radius 2 is 2.09 bits per heavy atom. The summed E-state index contributed by atoms with van der Waals surface area (Å²) in [7, 11) is 2.09. The minimum absolute atomic E-state index is 0.114. The molecule has 1 aliphatic rings. The monoisotopic (exact) mass is 323 g/mol. The Hall–Kier alpha value is -1.82. The second-order valence-corrected chi connectivity index (χ2v) is 7.19. The zero-order valence-corrected chi connectivity index (χ0v) is 14.4. The number of amides is 1. The number of ether oxygens (including phenoxy) is 1. The van der Waals surface area contributed by atoms with E-state index in [0.29, 0.717) is 12.1 Å². The van der Waals surface area contributed by atoms with Gasteiger partial charge in [-0.2, -0.15) is 0 Å². The Labute approximate surface area is 137 Å². The molecular weight excluding hydrogens is 297 g/mol. The Kier molecular flexibility index (Phi) is 5.14. The Balaban J connectivity index is 2.03. The first-order chi connectivity index (χ1) is 10.6. The summed E-state index contributed by atoms with van der Waals surface area (Å²) in [5.74, 6) is -0.488. The molecule has 1 aliphatic heterocycles. The highest BCUT2D eigenvalue weighted by molar-refractivity contribution is 5.85. The van der Waals surface area contributed by atoms with Crippen molar-refractivity contribution in [3.63, 3.8) is 0 Å². The van der Waals surface area contributed by atoms with Crippen LogP contribution in [0.3, 0.4) is 0 Å².